The molecule has 1 aromatic heterocycles. The second kappa shape index (κ2) is 7.25. The molecule has 24 heavy (non-hydrogen) atoms. The molecule has 0 N–H and O–H groups in total. The third-order valence-corrected chi connectivity index (χ3v) is 4.34. The lowest BCUT2D eigenvalue weighted by molar-refractivity contribution is 0.0711. The number of Topliss-reactive ketones (excluding diaryl/α,β-unsaturated/α-hetero) is 1. The highest BCUT2D eigenvalue weighted by Gasteiger charge is 2.31. The third-order valence-electron chi connectivity index (χ3n) is 4.34. The maximum atomic E-state index is 12.7. The van der Waals surface area contributed by atoms with E-state index in [-0.39, 0.29) is 17.7 Å². The van der Waals surface area contributed by atoms with E-state index in [4.69, 9.17) is 4.74 Å². The first kappa shape index (κ1) is 16.2. The van der Waals surface area contributed by atoms with Gasteiger partial charge in [-0.25, -0.2) is 0 Å². The monoisotopic (exact) mass is 324 g/mol. The van der Waals surface area contributed by atoms with Crippen LogP contribution in [0.15, 0.2) is 48.7 Å². The predicted octanol–water partition coefficient (Wildman–Crippen LogP) is 2.97. The molecular weight excluding hydrogens is 304 g/mol. The average molecular weight is 324 g/mol. The summed E-state index contributed by atoms with van der Waals surface area (Å²) in [7, 11) is 1.56. The van der Waals surface area contributed by atoms with Gasteiger partial charge in [0.2, 0.25) is 0 Å². The number of ether oxygens (including phenoxy) is 1. The van der Waals surface area contributed by atoms with Crippen LogP contribution in [0.1, 0.15) is 40.1 Å². The number of nitrogens with zero attached hydrogens (tertiary/aromatic N) is 2. The molecule has 0 radical (unpaired) electrons. The second-order valence-electron chi connectivity index (χ2n) is 5.87. The van der Waals surface area contributed by atoms with Crippen molar-refractivity contribution >= 4 is 11.7 Å². The minimum Gasteiger partial charge on any atom is -0.497 e. The number of carbonyl (C=O) groups excluding carboxylic acids is 2. The quantitative estimate of drug-likeness (QED) is 0.793. The van der Waals surface area contributed by atoms with Crippen LogP contribution < -0.4 is 4.74 Å². The zero-order valence-corrected chi connectivity index (χ0v) is 13.6. The SMILES string of the molecule is COc1ccnc(C(=O)N2CCC[C@@H]2CC(=O)c2ccccc2)c1. The highest BCUT2D eigenvalue weighted by Crippen LogP contribution is 2.24. The molecule has 1 saturated heterocycles. The molecule has 2 aromatic rings. The summed E-state index contributed by atoms with van der Waals surface area (Å²) in [5, 5.41) is 0. The van der Waals surface area contributed by atoms with Crippen molar-refractivity contribution in [2.45, 2.75) is 25.3 Å². The fourth-order valence-electron chi connectivity index (χ4n) is 3.07. The summed E-state index contributed by atoms with van der Waals surface area (Å²) in [6, 6.07) is 12.5. The molecular formula is C19H20N2O3. The van der Waals surface area contributed by atoms with Gasteiger partial charge in [0.1, 0.15) is 11.4 Å². The molecule has 1 aliphatic heterocycles. The summed E-state index contributed by atoms with van der Waals surface area (Å²) in [4.78, 5) is 31.1. The van der Waals surface area contributed by atoms with Gasteiger partial charge in [-0.2, -0.15) is 0 Å². The number of hydrogen-bond acceptors (Lipinski definition) is 4. The van der Waals surface area contributed by atoms with Crippen LogP contribution in [0.4, 0.5) is 0 Å². The van der Waals surface area contributed by atoms with E-state index in [2.05, 4.69) is 4.98 Å². The number of pyridine rings is 1. The fourth-order valence-corrected chi connectivity index (χ4v) is 3.07. The van der Waals surface area contributed by atoms with Gasteiger partial charge < -0.3 is 9.64 Å². The van der Waals surface area contributed by atoms with Gasteiger partial charge in [-0.05, 0) is 18.9 Å². The Labute approximate surface area is 141 Å². The van der Waals surface area contributed by atoms with Crippen molar-refractivity contribution in [3.8, 4) is 5.75 Å². The molecule has 1 amide bonds. The van der Waals surface area contributed by atoms with Gasteiger partial charge in [-0.15, -0.1) is 0 Å². The van der Waals surface area contributed by atoms with Crippen molar-refractivity contribution in [3.63, 3.8) is 0 Å². The average Bonchev–Trinajstić information content (AvgIpc) is 3.10. The lowest BCUT2D eigenvalue weighted by atomic mass is 10.0. The van der Waals surface area contributed by atoms with Crippen LogP contribution in [-0.4, -0.2) is 41.3 Å². The summed E-state index contributed by atoms with van der Waals surface area (Å²) < 4.78 is 5.15. The molecule has 3 rings (SSSR count). The predicted molar refractivity (Wildman–Crippen MR) is 90.2 cm³/mol. The van der Waals surface area contributed by atoms with Crippen LogP contribution in [0.25, 0.3) is 0 Å². The van der Waals surface area contributed by atoms with Gasteiger partial charge in [-0.3, -0.25) is 14.6 Å². The molecule has 0 aliphatic carbocycles. The maximum absolute atomic E-state index is 12.7. The van der Waals surface area contributed by atoms with E-state index < -0.39 is 0 Å². The summed E-state index contributed by atoms with van der Waals surface area (Å²) in [6.07, 6.45) is 3.66. The van der Waals surface area contributed by atoms with Crippen molar-refractivity contribution in [3.05, 3.63) is 59.9 Å². The topological polar surface area (TPSA) is 59.5 Å². The van der Waals surface area contributed by atoms with E-state index in [0.29, 0.717) is 30.0 Å². The van der Waals surface area contributed by atoms with Gasteiger partial charge in [0.25, 0.3) is 5.91 Å². The van der Waals surface area contributed by atoms with E-state index in [1.807, 2.05) is 30.3 Å². The molecule has 0 unspecified atom stereocenters. The third kappa shape index (κ3) is 3.45. The van der Waals surface area contributed by atoms with Gasteiger partial charge in [-0.1, -0.05) is 30.3 Å². The molecule has 0 saturated carbocycles. The highest BCUT2D eigenvalue weighted by atomic mass is 16.5. The molecule has 2 heterocycles. The molecule has 5 nitrogen and oxygen atoms in total. The van der Waals surface area contributed by atoms with E-state index in [1.165, 1.54) is 0 Å². The van der Waals surface area contributed by atoms with Gasteiger partial charge in [0.15, 0.2) is 5.78 Å². The van der Waals surface area contributed by atoms with Crippen LogP contribution >= 0.6 is 0 Å². The van der Waals surface area contributed by atoms with Gasteiger partial charge in [0.05, 0.1) is 7.11 Å². The number of hydrogen-bond donors (Lipinski definition) is 0. The number of amides is 1. The summed E-state index contributed by atoms with van der Waals surface area (Å²) in [5.41, 5.74) is 1.05. The van der Waals surface area contributed by atoms with Crippen LogP contribution in [0.2, 0.25) is 0 Å². The van der Waals surface area contributed by atoms with Crippen molar-refractivity contribution in [2.24, 2.45) is 0 Å². The molecule has 1 aromatic carbocycles. The zero-order valence-electron chi connectivity index (χ0n) is 13.6. The van der Waals surface area contributed by atoms with Crippen LogP contribution in [-0.2, 0) is 0 Å². The molecule has 1 aliphatic rings. The minimum atomic E-state index is -0.141. The fraction of sp³-hybridized carbons (Fsp3) is 0.316. The standard InChI is InChI=1S/C19H20N2O3/c1-24-16-9-10-20-17(13-16)19(23)21-11-5-8-15(21)12-18(22)14-6-3-2-4-7-14/h2-4,6-7,9-10,13,15H,5,8,11-12H2,1H3/t15-/m1/s1. The lowest BCUT2D eigenvalue weighted by Crippen LogP contribution is -2.37. The first-order chi connectivity index (χ1) is 11.7. The first-order valence-electron chi connectivity index (χ1n) is 8.08. The van der Waals surface area contributed by atoms with Crippen molar-refractivity contribution in [2.75, 3.05) is 13.7 Å². The van der Waals surface area contributed by atoms with Crippen LogP contribution in [0, 0.1) is 0 Å². The number of methoxy groups -OCH3 is 1. The second-order valence-corrected chi connectivity index (χ2v) is 5.87. The molecule has 5 heteroatoms. The number of likely N-dealkylation sites (tertiary alicyclic amines) is 1. The Hall–Kier alpha value is -2.69. The van der Waals surface area contributed by atoms with Crippen molar-refractivity contribution < 1.29 is 14.3 Å². The van der Waals surface area contributed by atoms with E-state index in [9.17, 15) is 9.59 Å². The summed E-state index contributed by atoms with van der Waals surface area (Å²) >= 11 is 0. The van der Waals surface area contributed by atoms with Crippen LogP contribution in [0.3, 0.4) is 0 Å². The Kier molecular flexibility index (Phi) is 4.89. The molecule has 1 atom stereocenters. The smallest absolute Gasteiger partial charge is 0.272 e. The number of carbonyl (C=O) groups is 2. The first-order valence-corrected chi connectivity index (χ1v) is 8.08. The van der Waals surface area contributed by atoms with Gasteiger partial charge in [0, 0.05) is 36.8 Å². The summed E-state index contributed by atoms with van der Waals surface area (Å²) in [5.74, 6) is 0.528. The lowest BCUT2D eigenvalue weighted by Gasteiger charge is -2.24. The summed E-state index contributed by atoms with van der Waals surface area (Å²) in [6.45, 7) is 0.657. The normalized spacial score (nSPS) is 16.9. The number of aromatic nitrogens is 1. The zero-order chi connectivity index (χ0) is 16.9. The van der Waals surface area contributed by atoms with E-state index in [0.717, 1.165) is 12.8 Å². The Morgan fingerprint density at radius 1 is 1.25 bits per heavy atom. The molecule has 0 bridgehead atoms. The van der Waals surface area contributed by atoms with E-state index >= 15 is 0 Å². The van der Waals surface area contributed by atoms with Crippen molar-refractivity contribution in [1.29, 1.82) is 0 Å². The Morgan fingerprint density at radius 3 is 2.79 bits per heavy atom. The Morgan fingerprint density at radius 2 is 2.04 bits per heavy atom. The van der Waals surface area contributed by atoms with E-state index in [1.54, 1.807) is 30.3 Å². The van der Waals surface area contributed by atoms with Gasteiger partial charge >= 0.3 is 0 Å². The highest BCUT2D eigenvalue weighted by molar-refractivity contribution is 5.97. The Balaban J connectivity index is 1.73. The largest absolute Gasteiger partial charge is 0.497 e. The maximum Gasteiger partial charge on any atom is 0.272 e. The van der Waals surface area contributed by atoms with Crippen molar-refractivity contribution in [1.82, 2.24) is 9.88 Å². The van der Waals surface area contributed by atoms with Crippen LogP contribution in [0.5, 0.6) is 5.75 Å². The molecule has 0 spiro atoms. The number of ketones is 1. The molecule has 124 valence electrons. The number of benzene rings is 1. The minimum absolute atomic E-state index is 0.0684. The Bertz CT molecular complexity index is 730. The number of rotatable bonds is 5. The molecule has 1 fully saturated rings.